The number of hydrogen-bond acceptors (Lipinski definition) is 5. The van der Waals surface area contributed by atoms with Crippen LogP contribution in [0.1, 0.15) is 12.6 Å². The molecule has 3 rings (SSSR count). The molecule has 2 heterocycles. The molecule has 1 aromatic carbocycles. The molecule has 0 unspecified atom stereocenters. The minimum atomic E-state index is -0.135. The summed E-state index contributed by atoms with van der Waals surface area (Å²) in [7, 11) is 0. The zero-order chi connectivity index (χ0) is 13.9. The summed E-state index contributed by atoms with van der Waals surface area (Å²) in [6, 6.07) is 7.42. The Morgan fingerprint density at radius 3 is 2.85 bits per heavy atom. The number of hydrogen-bond donors (Lipinski definition) is 1. The first-order valence-electron chi connectivity index (χ1n) is 6.28. The van der Waals surface area contributed by atoms with E-state index in [2.05, 4.69) is 4.98 Å². The van der Waals surface area contributed by atoms with Crippen molar-refractivity contribution in [1.29, 1.82) is 0 Å². The van der Waals surface area contributed by atoms with Crippen molar-refractivity contribution in [2.24, 2.45) is 0 Å². The Bertz CT molecular complexity index is 720. The van der Waals surface area contributed by atoms with Gasteiger partial charge in [-0.1, -0.05) is 12.1 Å². The van der Waals surface area contributed by atoms with Gasteiger partial charge < -0.3 is 14.6 Å². The molecule has 0 saturated carbocycles. The molecular formula is C14H14N2O3S. The van der Waals surface area contributed by atoms with Gasteiger partial charge in [-0.15, -0.1) is 11.3 Å². The Kier molecular flexibility index (Phi) is 3.58. The highest BCUT2D eigenvalue weighted by Crippen LogP contribution is 2.33. The molecule has 0 aliphatic heterocycles. The maximum Gasteiger partial charge on any atom is 0.244 e. The number of ether oxygens (including phenoxy) is 2. The fourth-order valence-electron chi connectivity index (χ4n) is 1.95. The summed E-state index contributed by atoms with van der Waals surface area (Å²) >= 11 is 1.49. The van der Waals surface area contributed by atoms with Crippen LogP contribution in [0.2, 0.25) is 0 Å². The third-order valence-electron chi connectivity index (χ3n) is 2.83. The van der Waals surface area contributed by atoms with Gasteiger partial charge in [0.15, 0.2) is 16.5 Å². The van der Waals surface area contributed by atoms with Gasteiger partial charge in [0, 0.05) is 11.6 Å². The second-order valence-electron chi connectivity index (χ2n) is 4.06. The van der Waals surface area contributed by atoms with E-state index < -0.39 is 0 Å². The van der Waals surface area contributed by atoms with Gasteiger partial charge in [-0.2, -0.15) is 4.98 Å². The molecule has 0 saturated heterocycles. The Morgan fingerprint density at radius 1 is 1.30 bits per heavy atom. The van der Waals surface area contributed by atoms with Crippen LogP contribution in [0.15, 0.2) is 35.8 Å². The summed E-state index contributed by atoms with van der Waals surface area (Å²) < 4.78 is 13.2. The van der Waals surface area contributed by atoms with Crippen molar-refractivity contribution in [3.8, 4) is 17.4 Å². The molecular weight excluding hydrogens is 276 g/mol. The predicted octanol–water partition coefficient (Wildman–Crippen LogP) is 3.08. The Hall–Kier alpha value is -2.05. The standard InChI is InChI=1S/C14H14N2O3S/c1-2-18-11-5-3-4-6-12(11)19-13-10(9-17)16-7-8-20-14(16)15-13/h3-8,17H,2,9H2,1H3. The van der Waals surface area contributed by atoms with Crippen LogP contribution >= 0.6 is 11.3 Å². The average Bonchev–Trinajstić information content (AvgIpc) is 3.01. The van der Waals surface area contributed by atoms with E-state index in [-0.39, 0.29) is 6.61 Å². The molecule has 2 aromatic heterocycles. The van der Waals surface area contributed by atoms with Crippen molar-refractivity contribution in [3.05, 3.63) is 41.5 Å². The molecule has 6 heteroatoms. The zero-order valence-electron chi connectivity index (χ0n) is 10.9. The van der Waals surface area contributed by atoms with E-state index >= 15 is 0 Å². The maximum atomic E-state index is 9.51. The second kappa shape index (κ2) is 5.52. The molecule has 0 atom stereocenters. The second-order valence-corrected chi connectivity index (χ2v) is 4.93. The largest absolute Gasteiger partial charge is 0.490 e. The number of benzene rings is 1. The lowest BCUT2D eigenvalue weighted by atomic mass is 10.3. The number of fused-ring (bicyclic) bond motifs is 1. The smallest absolute Gasteiger partial charge is 0.244 e. The van der Waals surface area contributed by atoms with Crippen LogP contribution in [-0.4, -0.2) is 21.1 Å². The molecule has 3 aromatic rings. The molecule has 0 bridgehead atoms. The molecule has 0 fully saturated rings. The number of aliphatic hydroxyl groups is 1. The van der Waals surface area contributed by atoms with Gasteiger partial charge in [-0.3, -0.25) is 4.40 Å². The van der Waals surface area contributed by atoms with Gasteiger partial charge in [-0.05, 0) is 19.1 Å². The summed E-state index contributed by atoms with van der Waals surface area (Å²) in [4.78, 5) is 5.17. The van der Waals surface area contributed by atoms with Crippen molar-refractivity contribution < 1.29 is 14.6 Å². The van der Waals surface area contributed by atoms with Crippen molar-refractivity contribution in [2.45, 2.75) is 13.5 Å². The van der Waals surface area contributed by atoms with Gasteiger partial charge in [0.05, 0.1) is 13.2 Å². The third-order valence-corrected chi connectivity index (χ3v) is 3.59. The van der Waals surface area contributed by atoms with Gasteiger partial charge in [0.25, 0.3) is 0 Å². The number of imidazole rings is 1. The van der Waals surface area contributed by atoms with Crippen molar-refractivity contribution in [3.63, 3.8) is 0 Å². The lowest BCUT2D eigenvalue weighted by Gasteiger charge is -2.10. The minimum Gasteiger partial charge on any atom is -0.490 e. The summed E-state index contributed by atoms with van der Waals surface area (Å²) in [5.41, 5.74) is 0.632. The molecule has 0 aliphatic carbocycles. The quantitative estimate of drug-likeness (QED) is 0.784. The van der Waals surface area contributed by atoms with Crippen molar-refractivity contribution in [1.82, 2.24) is 9.38 Å². The fraction of sp³-hybridized carbons (Fsp3) is 0.214. The highest BCUT2D eigenvalue weighted by atomic mass is 32.1. The van der Waals surface area contributed by atoms with Gasteiger partial charge in [-0.25, -0.2) is 0 Å². The monoisotopic (exact) mass is 290 g/mol. The molecule has 0 spiro atoms. The van der Waals surface area contributed by atoms with E-state index in [0.717, 1.165) is 4.96 Å². The van der Waals surface area contributed by atoms with Gasteiger partial charge >= 0.3 is 0 Å². The van der Waals surface area contributed by atoms with Gasteiger partial charge in [0.1, 0.15) is 5.69 Å². The van der Waals surface area contributed by atoms with E-state index in [0.29, 0.717) is 29.7 Å². The summed E-state index contributed by atoms with van der Waals surface area (Å²) in [6.45, 7) is 2.35. The van der Waals surface area contributed by atoms with Crippen LogP contribution in [0.25, 0.3) is 4.96 Å². The predicted molar refractivity (Wildman–Crippen MR) is 76.7 cm³/mol. The summed E-state index contributed by atoms with van der Waals surface area (Å²) in [6.07, 6.45) is 1.86. The number of rotatable bonds is 5. The summed E-state index contributed by atoms with van der Waals surface area (Å²) in [5.74, 6) is 1.66. The molecule has 0 amide bonds. The van der Waals surface area contributed by atoms with Crippen LogP contribution in [-0.2, 0) is 6.61 Å². The van der Waals surface area contributed by atoms with Crippen LogP contribution in [0, 0.1) is 0 Å². The third kappa shape index (κ3) is 2.23. The van der Waals surface area contributed by atoms with Crippen LogP contribution in [0.3, 0.4) is 0 Å². The van der Waals surface area contributed by atoms with E-state index in [1.54, 1.807) is 0 Å². The van der Waals surface area contributed by atoms with E-state index in [1.165, 1.54) is 11.3 Å². The number of thiazole rings is 1. The molecule has 104 valence electrons. The zero-order valence-corrected chi connectivity index (χ0v) is 11.8. The van der Waals surface area contributed by atoms with Gasteiger partial charge in [0.2, 0.25) is 5.88 Å². The highest BCUT2D eigenvalue weighted by molar-refractivity contribution is 7.15. The van der Waals surface area contributed by atoms with E-state index in [1.807, 2.05) is 47.2 Å². The Labute approximate surface area is 120 Å². The Balaban J connectivity index is 1.98. The van der Waals surface area contributed by atoms with Crippen LogP contribution in [0.5, 0.6) is 17.4 Å². The van der Waals surface area contributed by atoms with E-state index in [9.17, 15) is 5.11 Å². The first-order chi connectivity index (χ1) is 9.83. The lowest BCUT2D eigenvalue weighted by molar-refractivity contribution is 0.268. The van der Waals surface area contributed by atoms with Crippen LogP contribution < -0.4 is 9.47 Å². The first-order valence-corrected chi connectivity index (χ1v) is 7.16. The molecule has 20 heavy (non-hydrogen) atoms. The number of para-hydroxylation sites is 2. The SMILES string of the molecule is CCOc1ccccc1Oc1nc2sccn2c1CO. The minimum absolute atomic E-state index is 0.135. The average molecular weight is 290 g/mol. The molecule has 5 nitrogen and oxygen atoms in total. The summed E-state index contributed by atoms with van der Waals surface area (Å²) in [5, 5.41) is 11.4. The van der Waals surface area contributed by atoms with Crippen LogP contribution in [0.4, 0.5) is 0 Å². The maximum absolute atomic E-state index is 9.51. The van der Waals surface area contributed by atoms with Crippen molar-refractivity contribution in [2.75, 3.05) is 6.61 Å². The topological polar surface area (TPSA) is 56.0 Å². The first kappa shape index (κ1) is 13.0. The number of aromatic nitrogens is 2. The Morgan fingerprint density at radius 2 is 2.10 bits per heavy atom. The molecule has 0 radical (unpaired) electrons. The van der Waals surface area contributed by atoms with E-state index in [4.69, 9.17) is 9.47 Å². The fourth-order valence-corrected chi connectivity index (χ4v) is 2.68. The normalized spacial score (nSPS) is 10.9. The lowest BCUT2D eigenvalue weighted by Crippen LogP contribution is -1.97. The number of nitrogens with zero attached hydrogens (tertiary/aromatic N) is 2. The highest BCUT2D eigenvalue weighted by Gasteiger charge is 2.16. The molecule has 1 N–H and O–H groups in total. The number of aliphatic hydroxyl groups excluding tert-OH is 1. The van der Waals surface area contributed by atoms with Crippen molar-refractivity contribution >= 4 is 16.3 Å². The molecule has 0 aliphatic rings.